The quantitative estimate of drug-likeness (QED) is 0.456. The maximum atomic E-state index is 12.1. The fourth-order valence-corrected chi connectivity index (χ4v) is 4.73. The summed E-state index contributed by atoms with van der Waals surface area (Å²) in [6.45, 7) is 5.46. The molecular formula is C23H23N5O2S. The highest BCUT2D eigenvalue weighted by Crippen LogP contribution is 2.35. The highest BCUT2D eigenvalue weighted by Gasteiger charge is 2.30. The third-order valence-electron chi connectivity index (χ3n) is 5.57. The zero-order chi connectivity index (χ0) is 21.4. The molecule has 3 aromatic heterocycles. The number of aryl methyl sites for hydroxylation is 1. The minimum Gasteiger partial charge on any atom is -0.450 e. The normalized spacial score (nSPS) is 16.2. The molecule has 0 N–H and O–H groups in total. The van der Waals surface area contributed by atoms with Gasteiger partial charge in [-0.25, -0.2) is 9.78 Å². The summed E-state index contributed by atoms with van der Waals surface area (Å²) in [5.41, 5.74) is 7.62. The lowest BCUT2D eigenvalue weighted by atomic mass is 10.0. The van der Waals surface area contributed by atoms with E-state index in [2.05, 4.69) is 23.3 Å². The van der Waals surface area contributed by atoms with Gasteiger partial charge in [0.1, 0.15) is 5.69 Å². The van der Waals surface area contributed by atoms with E-state index in [1.54, 1.807) is 16.2 Å². The first-order valence-corrected chi connectivity index (χ1v) is 11.3. The van der Waals surface area contributed by atoms with Crippen LogP contribution in [0.3, 0.4) is 0 Å². The summed E-state index contributed by atoms with van der Waals surface area (Å²) < 4.78 is 8.30. The Kier molecular flexibility index (Phi) is 5.15. The van der Waals surface area contributed by atoms with Gasteiger partial charge in [-0.05, 0) is 50.1 Å². The summed E-state index contributed by atoms with van der Waals surface area (Å²) in [6.07, 6.45) is 2.67. The Morgan fingerprint density at radius 2 is 2.19 bits per heavy atom. The van der Waals surface area contributed by atoms with Crippen molar-refractivity contribution >= 4 is 27.6 Å². The molecule has 7 nitrogen and oxygen atoms in total. The maximum Gasteiger partial charge on any atom is 0.409 e. The van der Waals surface area contributed by atoms with E-state index in [1.807, 2.05) is 48.3 Å². The van der Waals surface area contributed by atoms with Gasteiger partial charge in [0.25, 0.3) is 0 Å². The molecule has 1 fully saturated rings. The number of amides is 1. The number of ether oxygens (including phenoxy) is 1. The largest absolute Gasteiger partial charge is 0.450 e. The van der Waals surface area contributed by atoms with Crippen LogP contribution in [0, 0.1) is 6.92 Å². The van der Waals surface area contributed by atoms with Gasteiger partial charge in [-0.1, -0.05) is 12.1 Å². The van der Waals surface area contributed by atoms with Crippen molar-refractivity contribution in [1.82, 2.24) is 24.6 Å². The topological polar surface area (TPSA) is 73.1 Å². The Labute approximate surface area is 184 Å². The number of rotatable bonds is 4. The van der Waals surface area contributed by atoms with Gasteiger partial charge in [0.15, 0.2) is 0 Å². The van der Waals surface area contributed by atoms with E-state index in [0.717, 1.165) is 44.8 Å². The van der Waals surface area contributed by atoms with Crippen molar-refractivity contribution < 1.29 is 9.53 Å². The van der Waals surface area contributed by atoms with Gasteiger partial charge in [-0.2, -0.15) is 5.10 Å². The molecular weight excluding hydrogens is 410 g/mol. The van der Waals surface area contributed by atoms with Crippen LogP contribution in [0.15, 0.2) is 48.1 Å². The summed E-state index contributed by atoms with van der Waals surface area (Å²) in [7, 11) is 0. The van der Waals surface area contributed by atoms with Gasteiger partial charge in [0, 0.05) is 30.5 Å². The molecule has 1 aliphatic rings. The van der Waals surface area contributed by atoms with E-state index >= 15 is 0 Å². The van der Waals surface area contributed by atoms with Crippen LogP contribution in [-0.2, 0) is 4.74 Å². The number of hydrogen-bond acceptors (Lipinski definition) is 6. The predicted octanol–water partition coefficient (Wildman–Crippen LogP) is 4.93. The zero-order valence-electron chi connectivity index (χ0n) is 17.5. The van der Waals surface area contributed by atoms with E-state index in [4.69, 9.17) is 14.8 Å². The fraction of sp³-hybridized carbons (Fsp3) is 0.304. The Hall–Kier alpha value is -3.26. The third kappa shape index (κ3) is 3.79. The molecule has 1 aromatic carbocycles. The summed E-state index contributed by atoms with van der Waals surface area (Å²) in [6, 6.07) is 12.4. The van der Waals surface area contributed by atoms with Gasteiger partial charge in [0.05, 0.1) is 34.1 Å². The number of benzene rings is 1. The smallest absolute Gasteiger partial charge is 0.409 e. The van der Waals surface area contributed by atoms with Gasteiger partial charge in [-0.3, -0.25) is 9.67 Å². The van der Waals surface area contributed by atoms with Crippen molar-refractivity contribution in [3.63, 3.8) is 0 Å². The molecule has 1 saturated heterocycles. The summed E-state index contributed by atoms with van der Waals surface area (Å²) >= 11 is 1.63. The first-order chi connectivity index (χ1) is 15.1. The number of hydrogen-bond donors (Lipinski definition) is 0. The van der Waals surface area contributed by atoms with E-state index in [-0.39, 0.29) is 12.1 Å². The molecule has 4 heterocycles. The number of aromatic nitrogens is 4. The molecule has 8 heteroatoms. The Morgan fingerprint density at radius 3 is 3.03 bits per heavy atom. The average Bonchev–Trinajstić information content (AvgIpc) is 3.52. The highest BCUT2D eigenvalue weighted by atomic mass is 32.1. The highest BCUT2D eigenvalue weighted by molar-refractivity contribution is 7.16. The van der Waals surface area contributed by atoms with Crippen LogP contribution in [0.25, 0.3) is 32.7 Å². The lowest BCUT2D eigenvalue weighted by Crippen LogP contribution is -2.29. The Balaban J connectivity index is 1.55. The molecule has 31 heavy (non-hydrogen) atoms. The van der Waals surface area contributed by atoms with E-state index in [0.29, 0.717) is 19.7 Å². The number of carbonyl (C=O) groups excluding carboxylic acids is 1. The molecule has 0 radical (unpaired) electrons. The number of carbonyl (C=O) groups is 1. The van der Waals surface area contributed by atoms with Crippen LogP contribution < -0.4 is 0 Å². The lowest BCUT2D eigenvalue weighted by molar-refractivity contribution is 0.114. The summed E-state index contributed by atoms with van der Waals surface area (Å²) in [4.78, 5) is 23.0. The van der Waals surface area contributed by atoms with E-state index in [1.165, 1.54) is 0 Å². The fourth-order valence-electron chi connectivity index (χ4n) is 4.02. The monoisotopic (exact) mass is 433 g/mol. The Bertz CT molecular complexity index is 1250. The molecule has 0 aliphatic carbocycles. The molecule has 5 rings (SSSR count). The molecule has 0 spiro atoms. The second-order valence-corrected chi connectivity index (χ2v) is 8.54. The van der Waals surface area contributed by atoms with Crippen molar-refractivity contribution in [3.05, 3.63) is 53.8 Å². The lowest BCUT2D eigenvalue weighted by Gasteiger charge is -2.15. The van der Waals surface area contributed by atoms with Crippen LogP contribution >= 0.6 is 11.3 Å². The summed E-state index contributed by atoms with van der Waals surface area (Å²) in [5, 5.41) is 4.95. The minimum absolute atomic E-state index is 0.105. The summed E-state index contributed by atoms with van der Waals surface area (Å²) in [5.74, 6) is 0. The maximum absolute atomic E-state index is 12.1. The van der Waals surface area contributed by atoms with Crippen LogP contribution in [-0.4, -0.2) is 50.4 Å². The van der Waals surface area contributed by atoms with Crippen LogP contribution in [0.1, 0.15) is 25.1 Å². The number of nitrogens with zero attached hydrogens (tertiary/aromatic N) is 5. The van der Waals surface area contributed by atoms with Gasteiger partial charge in [-0.15, -0.1) is 11.3 Å². The van der Waals surface area contributed by atoms with Gasteiger partial charge >= 0.3 is 6.09 Å². The second-order valence-electron chi connectivity index (χ2n) is 7.66. The van der Waals surface area contributed by atoms with Crippen molar-refractivity contribution in [2.75, 3.05) is 19.7 Å². The van der Waals surface area contributed by atoms with Crippen molar-refractivity contribution in [2.24, 2.45) is 0 Å². The van der Waals surface area contributed by atoms with Crippen molar-refractivity contribution in [2.45, 2.75) is 26.3 Å². The number of pyridine rings is 1. The molecule has 4 aromatic rings. The molecule has 0 bridgehead atoms. The standard InChI is InChI=1S/C23H23N5O2S/c1-3-30-23(29)27-10-9-17(12-27)28-13-18(16-7-8-19-21(11-16)31-14-24-19)22(26-28)20-6-4-5-15(2)25-20/h4-8,11,13-14,17H,3,9-10,12H2,1-2H3/t17-/m0/s1. The minimum atomic E-state index is -0.256. The van der Waals surface area contributed by atoms with Crippen molar-refractivity contribution in [3.8, 4) is 22.5 Å². The number of likely N-dealkylation sites (tertiary alicyclic amines) is 1. The molecule has 158 valence electrons. The molecule has 0 unspecified atom stereocenters. The second kappa shape index (κ2) is 8.11. The van der Waals surface area contributed by atoms with Gasteiger partial charge in [0.2, 0.25) is 0 Å². The van der Waals surface area contributed by atoms with Crippen LogP contribution in [0.5, 0.6) is 0 Å². The van der Waals surface area contributed by atoms with Crippen molar-refractivity contribution in [1.29, 1.82) is 0 Å². The van der Waals surface area contributed by atoms with Crippen LogP contribution in [0.4, 0.5) is 4.79 Å². The van der Waals surface area contributed by atoms with Crippen LogP contribution in [0.2, 0.25) is 0 Å². The van der Waals surface area contributed by atoms with E-state index in [9.17, 15) is 4.79 Å². The zero-order valence-corrected chi connectivity index (χ0v) is 18.3. The van der Waals surface area contributed by atoms with Gasteiger partial charge < -0.3 is 9.64 Å². The molecule has 0 saturated carbocycles. The SMILES string of the molecule is CCOC(=O)N1CC[C@H](n2cc(-c3ccc4ncsc4c3)c(-c3cccc(C)n3)n2)C1. The number of thiazole rings is 1. The molecule has 1 amide bonds. The molecule has 1 atom stereocenters. The third-order valence-corrected chi connectivity index (χ3v) is 6.36. The number of fused-ring (bicyclic) bond motifs is 1. The average molecular weight is 434 g/mol. The first kappa shape index (κ1) is 19.7. The first-order valence-electron chi connectivity index (χ1n) is 10.4. The van der Waals surface area contributed by atoms with E-state index < -0.39 is 0 Å². The molecule has 1 aliphatic heterocycles. The Morgan fingerprint density at radius 1 is 1.29 bits per heavy atom. The predicted molar refractivity (Wildman–Crippen MR) is 121 cm³/mol.